The van der Waals surface area contributed by atoms with Gasteiger partial charge in [0, 0.05) is 27.2 Å². The third kappa shape index (κ3) is 2.58. The highest BCUT2D eigenvalue weighted by Crippen LogP contribution is 2.18. The van der Waals surface area contributed by atoms with E-state index in [1.54, 1.807) is 7.05 Å². The normalized spacial score (nSPS) is 20.7. The van der Waals surface area contributed by atoms with E-state index in [2.05, 4.69) is 11.8 Å². The lowest BCUT2D eigenvalue weighted by molar-refractivity contribution is 0.175. The zero-order chi connectivity index (χ0) is 14.2. The minimum Gasteiger partial charge on any atom is -0.385 e. The van der Waals surface area contributed by atoms with Gasteiger partial charge in [-0.2, -0.15) is 0 Å². The van der Waals surface area contributed by atoms with Crippen LogP contribution in [0, 0.1) is 5.92 Å². The van der Waals surface area contributed by atoms with Gasteiger partial charge < -0.3 is 5.73 Å². The van der Waals surface area contributed by atoms with Gasteiger partial charge in [0.1, 0.15) is 5.82 Å². The van der Waals surface area contributed by atoms with E-state index in [1.165, 1.54) is 18.0 Å². The number of rotatable bonds is 2. The van der Waals surface area contributed by atoms with Crippen LogP contribution in [0.5, 0.6) is 0 Å². The molecule has 1 aliphatic heterocycles. The van der Waals surface area contributed by atoms with E-state index < -0.39 is 0 Å². The zero-order valence-corrected chi connectivity index (χ0v) is 11.8. The van der Waals surface area contributed by atoms with Crippen LogP contribution in [0.15, 0.2) is 9.59 Å². The average Bonchev–Trinajstić information content (AvgIpc) is 2.39. The summed E-state index contributed by atoms with van der Waals surface area (Å²) in [7, 11) is 3.09. The molecule has 1 saturated heterocycles. The first kappa shape index (κ1) is 13.9. The number of piperidine rings is 1. The van der Waals surface area contributed by atoms with Crippen molar-refractivity contribution < 1.29 is 0 Å². The van der Waals surface area contributed by atoms with Gasteiger partial charge in [0.15, 0.2) is 0 Å². The summed E-state index contributed by atoms with van der Waals surface area (Å²) in [6.07, 6.45) is 2.38. The van der Waals surface area contributed by atoms with Crippen molar-refractivity contribution in [1.29, 1.82) is 0 Å². The smallest absolute Gasteiger partial charge is 0.332 e. The first-order chi connectivity index (χ1) is 8.91. The minimum atomic E-state index is -0.377. The van der Waals surface area contributed by atoms with Crippen LogP contribution in [0.3, 0.4) is 0 Å². The summed E-state index contributed by atoms with van der Waals surface area (Å²) < 4.78 is 2.46. The van der Waals surface area contributed by atoms with E-state index in [-0.39, 0.29) is 17.1 Å². The van der Waals surface area contributed by atoms with Crippen LogP contribution in [0.1, 0.15) is 25.3 Å². The van der Waals surface area contributed by atoms with Gasteiger partial charge in [-0.25, -0.2) is 4.79 Å². The Hall–Kier alpha value is -1.56. The lowest BCUT2D eigenvalue weighted by atomic mass is 10.00. The summed E-state index contributed by atoms with van der Waals surface area (Å²) >= 11 is 0. The van der Waals surface area contributed by atoms with Crippen LogP contribution in [0.25, 0.3) is 0 Å². The van der Waals surface area contributed by atoms with E-state index in [0.29, 0.717) is 18.0 Å². The average molecular weight is 266 g/mol. The van der Waals surface area contributed by atoms with Gasteiger partial charge >= 0.3 is 5.69 Å². The molecular formula is C13H22N4O2. The largest absolute Gasteiger partial charge is 0.385 e. The van der Waals surface area contributed by atoms with Gasteiger partial charge in [-0.15, -0.1) is 0 Å². The number of hydrogen-bond donors (Lipinski definition) is 1. The molecule has 0 radical (unpaired) electrons. The van der Waals surface area contributed by atoms with Crippen molar-refractivity contribution in [3.05, 3.63) is 26.4 Å². The maximum atomic E-state index is 12.2. The number of aromatic nitrogens is 2. The second-order valence-electron chi connectivity index (χ2n) is 5.55. The molecule has 19 heavy (non-hydrogen) atoms. The number of likely N-dealkylation sites (tertiary alicyclic amines) is 1. The molecule has 0 bridgehead atoms. The quantitative estimate of drug-likeness (QED) is 0.811. The lowest BCUT2D eigenvalue weighted by Gasteiger charge is -2.31. The van der Waals surface area contributed by atoms with Crippen molar-refractivity contribution in [3.63, 3.8) is 0 Å². The molecule has 106 valence electrons. The molecule has 0 spiro atoms. The summed E-state index contributed by atoms with van der Waals surface area (Å²) in [5.74, 6) is 0.928. The van der Waals surface area contributed by atoms with Crippen LogP contribution >= 0.6 is 0 Å². The van der Waals surface area contributed by atoms with E-state index in [4.69, 9.17) is 5.73 Å². The van der Waals surface area contributed by atoms with Crippen molar-refractivity contribution in [2.75, 3.05) is 18.8 Å². The predicted octanol–water partition coefficient (Wildman–Crippen LogP) is -0.102. The van der Waals surface area contributed by atoms with E-state index in [9.17, 15) is 9.59 Å². The number of nitrogens with two attached hydrogens (primary N) is 1. The van der Waals surface area contributed by atoms with Crippen molar-refractivity contribution in [3.8, 4) is 0 Å². The van der Waals surface area contributed by atoms with Crippen LogP contribution in [-0.2, 0) is 20.6 Å². The molecule has 1 atom stereocenters. The molecule has 1 unspecified atom stereocenters. The summed E-state index contributed by atoms with van der Waals surface area (Å²) in [4.78, 5) is 26.1. The molecule has 2 rings (SSSR count). The molecule has 0 aliphatic carbocycles. The SMILES string of the molecule is CC1CCCN(Cc2c(N)n(C)c(=O)n(C)c2=O)C1. The first-order valence-electron chi connectivity index (χ1n) is 6.68. The van der Waals surface area contributed by atoms with Crippen LogP contribution in [0.4, 0.5) is 5.82 Å². The molecule has 1 aromatic rings. The number of nitrogens with zero attached hydrogens (tertiary/aromatic N) is 3. The Morgan fingerprint density at radius 1 is 1.26 bits per heavy atom. The molecule has 1 aromatic heterocycles. The van der Waals surface area contributed by atoms with Crippen molar-refractivity contribution in [2.24, 2.45) is 20.0 Å². The van der Waals surface area contributed by atoms with E-state index in [1.807, 2.05) is 0 Å². The molecule has 0 amide bonds. The Balaban J connectivity index is 2.35. The summed E-state index contributed by atoms with van der Waals surface area (Å²) in [5, 5.41) is 0. The fourth-order valence-corrected chi connectivity index (χ4v) is 2.73. The third-order valence-electron chi connectivity index (χ3n) is 3.93. The highest BCUT2D eigenvalue weighted by atomic mass is 16.2. The number of anilines is 1. The minimum absolute atomic E-state index is 0.279. The van der Waals surface area contributed by atoms with Gasteiger partial charge in [-0.05, 0) is 25.3 Å². The second kappa shape index (κ2) is 5.21. The second-order valence-corrected chi connectivity index (χ2v) is 5.55. The monoisotopic (exact) mass is 266 g/mol. The molecule has 1 aliphatic rings. The summed E-state index contributed by atoms with van der Waals surface area (Å²) in [6.45, 7) is 4.70. The summed E-state index contributed by atoms with van der Waals surface area (Å²) in [5.41, 5.74) is 5.80. The Kier molecular flexibility index (Phi) is 3.80. The van der Waals surface area contributed by atoms with Crippen molar-refractivity contribution in [2.45, 2.75) is 26.3 Å². The fourth-order valence-electron chi connectivity index (χ4n) is 2.73. The Labute approximate surface area is 112 Å². The Morgan fingerprint density at radius 3 is 2.58 bits per heavy atom. The molecule has 0 aromatic carbocycles. The van der Waals surface area contributed by atoms with Gasteiger partial charge in [0.2, 0.25) is 0 Å². The Bertz CT molecular complexity index is 588. The van der Waals surface area contributed by atoms with E-state index in [0.717, 1.165) is 24.1 Å². The highest BCUT2D eigenvalue weighted by Gasteiger charge is 2.20. The van der Waals surface area contributed by atoms with Crippen LogP contribution < -0.4 is 17.0 Å². The molecule has 6 heteroatoms. The summed E-state index contributed by atoms with van der Waals surface area (Å²) in [6, 6.07) is 0. The van der Waals surface area contributed by atoms with E-state index >= 15 is 0 Å². The molecule has 6 nitrogen and oxygen atoms in total. The number of nitrogen functional groups attached to an aromatic ring is 1. The Morgan fingerprint density at radius 2 is 1.95 bits per heavy atom. The maximum absolute atomic E-state index is 12.2. The maximum Gasteiger partial charge on any atom is 0.332 e. The van der Waals surface area contributed by atoms with Gasteiger partial charge in [-0.3, -0.25) is 18.8 Å². The topological polar surface area (TPSA) is 73.3 Å². The van der Waals surface area contributed by atoms with Crippen LogP contribution in [-0.4, -0.2) is 27.1 Å². The highest BCUT2D eigenvalue weighted by molar-refractivity contribution is 5.38. The molecule has 1 fully saturated rings. The molecular weight excluding hydrogens is 244 g/mol. The third-order valence-corrected chi connectivity index (χ3v) is 3.93. The predicted molar refractivity (Wildman–Crippen MR) is 75.0 cm³/mol. The molecule has 0 saturated carbocycles. The molecule has 2 N–H and O–H groups in total. The standard InChI is InChI=1S/C13H22N4O2/c1-9-5-4-6-17(7-9)8-10-11(14)15(2)13(19)16(3)12(10)18/h9H,4-8,14H2,1-3H3. The van der Waals surface area contributed by atoms with Crippen LogP contribution in [0.2, 0.25) is 0 Å². The van der Waals surface area contributed by atoms with Crippen molar-refractivity contribution >= 4 is 5.82 Å². The van der Waals surface area contributed by atoms with Gasteiger partial charge in [0.05, 0.1) is 5.56 Å². The van der Waals surface area contributed by atoms with Gasteiger partial charge in [-0.1, -0.05) is 6.92 Å². The lowest BCUT2D eigenvalue weighted by Crippen LogP contribution is -2.43. The van der Waals surface area contributed by atoms with Gasteiger partial charge in [0.25, 0.3) is 5.56 Å². The van der Waals surface area contributed by atoms with Crippen molar-refractivity contribution in [1.82, 2.24) is 14.0 Å². The molecule has 2 heterocycles. The fraction of sp³-hybridized carbons (Fsp3) is 0.692. The number of hydrogen-bond acceptors (Lipinski definition) is 4. The zero-order valence-electron chi connectivity index (χ0n) is 11.8. The first-order valence-corrected chi connectivity index (χ1v) is 6.68.